The molecule has 4 aromatic rings. The lowest BCUT2D eigenvalue weighted by atomic mass is 10.0. The summed E-state index contributed by atoms with van der Waals surface area (Å²) in [6, 6.07) is 7.51. The average molecular weight is 513 g/mol. The molecule has 1 aromatic carbocycles. The number of aromatic nitrogens is 4. The van der Waals surface area contributed by atoms with Gasteiger partial charge < -0.3 is 30.6 Å². The second-order valence-electron chi connectivity index (χ2n) is 8.30. The van der Waals surface area contributed by atoms with Gasteiger partial charge in [0, 0.05) is 39.4 Å². The molecule has 10 heteroatoms. The summed E-state index contributed by atoms with van der Waals surface area (Å²) in [7, 11) is 0. The van der Waals surface area contributed by atoms with Crippen molar-refractivity contribution in [3.8, 4) is 5.75 Å². The van der Waals surface area contributed by atoms with Gasteiger partial charge in [0.25, 0.3) is 0 Å². The SMILES string of the molecule is CCc1cc(N)c2ccc(OC[C@H]3O[C@@H](n4cc(Br)c5c(N)ncnc54)[C@@H](C)[C@@H]3O)cc2n1. The highest BCUT2D eigenvalue weighted by Crippen LogP contribution is 2.39. The second-order valence-corrected chi connectivity index (χ2v) is 9.16. The van der Waals surface area contributed by atoms with E-state index >= 15 is 0 Å². The molecule has 0 unspecified atom stereocenters. The molecule has 3 aromatic heterocycles. The van der Waals surface area contributed by atoms with Gasteiger partial charge in [-0.3, -0.25) is 4.98 Å². The Kier molecular flexibility index (Phi) is 5.59. The smallest absolute Gasteiger partial charge is 0.148 e. The Morgan fingerprint density at radius 1 is 1.24 bits per heavy atom. The van der Waals surface area contributed by atoms with Crippen LogP contribution in [0, 0.1) is 5.92 Å². The molecule has 1 saturated heterocycles. The molecular formula is C23H25BrN6O3. The molecule has 1 aliphatic rings. The van der Waals surface area contributed by atoms with E-state index in [1.54, 1.807) is 0 Å². The summed E-state index contributed by atoms with van der Waals surface area (Å²) in [6.45, 7) is 4.17. The van der Waals surface area contributed by atoms with E-state index in [9.17, 15) is 5.11 Å². The summed E-state index contributed by atoms with van der Waals surface area (Å²) in [5.74, 6) is 0.834. The Morgan fingerprint density at radius 3 is 2.85 bits per heavy atom. The third-order valence-electron chi connectivity index (χ3n) is 6.19. The molecule has 1 fully saturated rings. The van der Waals surface area contributed by atoms with E-state index < -0.39 is 18.4 Å². The number of aliphatic hydroxyl groups is 1. The molecule has 9 nitrogen and oxygen atoms in total. The zero-order chi connectivity index (χ0) is 23.3. The number of aliphatic hydroxyl groups excluding tert-OH is 1. The van der Waals surface area contributed by atoms with Crippen molar-refractivity contribution in [2.45, 2.75) is 38.7 Å². The first-order valence-corrected chi connectivity index (χ1v) is 11.6. The predicted molar refractivity (Wildman–Crippen MR) is 130 cm³/mol. The van der Waals surface area contributed by atoms with Crippen LogP contribution >= 0.6 is 15.9 Å². The number of aryl methyl sites for hydroxylation is 1. The Labute approximate surface area is 198 Å². The van der Waals surface area contributed by atoms with Crippen LogP contribution in [-0.2, 0) is 11.2 Å². The molecule has 0 saturated carbocycles. The van der Waals surface area contributed by atoms with E-state index in [0.717, 1.165) is 32.9 Å². The summed E-state index contributed by atoms with van der Waals surface area (Å²) in [5.41, 5.74) is 15.2. The maximum absolute atomic E-state index is 10.9. The van der Waals surface area contributed by atoms with Crippen molar-refractivity contribution >= 4 is 49.4 Å². The molecule has 0 aliphatic carbocycles. The van der Waals surface area contributed by atoms with E-state index in [0.29, 0.717) is 22.9 Å². The summed E-state index contributed by atoms with van der Waals surface area (Å²) < 4.78 is 14.9. The number of anilines is 2. The fourth-order valence-electron chi connectivity index (χ4n) is 4.35. The van der Waals surface area contributed by atoms with Gasteiger partial charge in [0.15, 0.2) is 0 Å². The quantitative estimate of drug-likeness (QED) is 0.370. The third-order valence-corrected chi connectivity index (χ3v) is 6.79. The summed E-state index contributed by atoms with van der Waals surface area (Å²) in [4.78, 5) is 13.1. The predicted octanol–water partition coefficient (Wildman–Crippen LogP) is 3.44. The van der Waals surface area contributed by atoms with Crippen LogP contribution in [0.3, 0.4) is 0 Å². The minimum atomic E-state index is -0.716. The minimum Gasteiger partial charge on any atom is -0.491 e. The lowest BCUT2D eigenvalue weighted by molar-refractivity contribution is -0.0396. The topological polar surface area (TPSA) is 134 Å². The molecule has 5 rings (SSSR count). The van der Waals surface area contributed by atoms with Gasteiger partial charge in [0.05, 0.1) is 17.0 Å². The van der Waals surface area contributed by atoms with Crippen molar-refractivity contribution in [3.63, 3.8) is 0 Å². The molecule has 172 valence electrons. The first kappa shape index (κ1) is 21.9. The number of nitrogens with two attached hydrogens (primary N) is 2. The van der Waals surface area contributed by atoms with Crippen molar-refractivity contribution in [2.75, 3.05) is 18.1 Å². The van der Waals surface area contributed by atoms with Crippen LogP contribution in [-0.4, -0.2) is 43.4 Å². The summed E-state index contributed by atoms with van der Waals surface area (Å²) in [6.07, 6.45) is 2.41. The van der Waals surface area contributed by atoms with Gasteiger partial charge in [-0.1, -0.05) is 13.8 Å². The number of hydrogen-bond acceptors (Lipinski definition) is 8. The standard InChI is InChI=1S/C23H25BrN6O3/c1-3-12-6-16(25)14-5-4-13(7-17(14)29-12)32-9-18-20(31)11(2)23(33-18)30-8-15(24)19-21(26)27-10-28-22(19)30/h4-8,10-11,18,20,23,31H,3,9H2,1-2H3,(H2,25,29)(H2,26,27,28)/t11-,18+,20-,23+/m0/s1. The highest BCUT2D eigenvalue weighted by atomic mass is 79.9. The van der Waals surface area contributed by atoms with Crippen LogP contribution in [0.25, 0.3) is 21.9 Å². The van der Waals surface area contributed by atoms with Gasteiger partial charge in [0.2, 0.25) is 0 Å². The molecule has 33 heavy (non-hydrogen) atoms. The Morgan fingerprint density at radius 2 is 2.06 bits per heavy atom. The highest BCUT2D eigenvalue weighted by molar-refractivity contribution is 9.10. The van der Waals surface area contributed by atoms with Crippen LogP contribution in [0.5, 0.6) is 5.75 Å². The first-order valence-electron chi connectivity index (χ1n) is 10.8. The lowest BCUT2D eigenvalue weighted by Crippen LogP contribution is -2.30. The molecule has 0 amide bonds. The zero-order valence-corrected chi connectivity index (χ0v) is 19.9. The molecule has 4 heterocycles. The normalized spacial score (nSPS) is 22.9. The van der Waals surface area contributed by atoms with Gasteiger partial charge in [-0.25, -0.2) is 9.97 Å². The van der Waals surface area contributed by atoms with E-state index in [1.165, 1.54) is 6.33 Å². The Hall–Kier alpha value is -2.95. The number of ether oxygens (including phenoxy) is 2. The van der Waals surface area contributed by atoms with Crippen molar-refractivity contribution in [3.05, 3.63) is 47.0 Å². The molecule has 1 aliphatic heterocycles. The maximum atomic E-state index is 10.9. The maximum Gasteiger partial charge on any atom is 0.148 e. The van der Waals surface area contributed by atoms with Crippen molar-refractivity contribution < 1.29 is 14.6 Å². The third kappa shape index (κ3) is 3.77. The number of pyridine rings is 1. The van der Waals surface area contributed by atoms with E-state index in [4.69, 9.17) is 20.9 Å². The monoisotopic (exact) mass is 512 g/mol. The number of fused-ring (bicyclic) bond motifs is 2. The number of benzene rings is 1. The van der Waals surface area contributed by atoms with Gasteiger partial charge in [-0.15, -0.1) is 0 Å². The van der Waals surface area contributed by atoms with Crippen LogP contribution in [0.4, 0.5) is 11.5 Å². The number of rotatable bonds is 5. The number of nitrogens with zero attached hydrogens (tertiary/aromatic N) is 4. The summed E-state index contributed by atoms with van der Waals surface area (Å²) >= 11 is 3.52. The molecule has 4 atom stereocenters. The summed E-state index contributed by atoms with van der Waals surface area (Å²) in [5, 5.41) is 12.5. The first-order chi connectivity index (χ1) is 15.9. The second kappa shape index (κ2) is 8.44. The number of halogens is 1. The van der Waals surface area contributed by atoms with E-state index in [-0.39, 0.29) is 12.5 Å². The van der Waals surface area contributed by atoms with Crippen LogP contribution in [0.15, 0.2) is 41.3 Å². The van der Waals surface area contributed by atoms with Gasteiger partial charge in [-0.05, 0) is 40.5 Å². The van der Waals surface area contributed by atoms with Gasteiger partial charge in [-0.2, -0.15) is 0 Å². The number of hydrogen-bond donors (Lipinski definition) is 3. The highest BCUT2D eigenvalue weighted by Gasteiger charge is 2.43. The van der Waals surface area contributed by atoms with Crippen LogP contribution in [0.2, 0.25) is 0 Å². The Bertz CT molecular complexity index is 1340. The molecule has 0 radical (unpaired) electrons. The Balaban J connectivity index is 1.36. The van der Waals surface area contributed by atoms with Crippen molar-refractivity contribution in [1.82, 2.24) is 19.5 Å². The lowest BCUT2D eigenvalue weighted by Gasteiger charge is -2.18. The average Bonchev–Trinajstić information content (AvgIpc) is 3.29. The number of nitrogen functional groups attached to an aromatic ring is 2. The molecule has 0 spiro atoms. The fraction of sp³-hybridized carbons (Fsp3) is 0.348. The largest absolute Gasteiger partial charge is 0.491 e. The van der Waals surface area contributed by atoms with E-state index in [2.05, 4.69) is 30.9 Å². The minimum absolute atomic E-state index is 0.188. The van der Waals surface area contributed by atoms with Crippen LogP contribution in [0.1, 0.15) is 25.8 Å². The van der Waals surface area contributed by atoms with Crippen molar-refractivity contribution in [1.29, 1.82) is 0 Å². The molecule has 0 bridgehead atoms. The fourth-order valence-corrected chi connectivity index (χ4v) is 4.95. The van der Waals surface area contributed by atoms with Crippen molar-refractivity contribution in [2.24, 2.45) is 5.92 Å². The molecular weight excluding hydrogens is 488 g/mol. The van der Waals surface area contributed by atoms with Gasteiger partial charge >= 0.3 is 0 Å². The molecule has 5 N–H and O–H groups in total. The zero-order valence-electron chi connectivity index (χ0n) is 18.3. The van der Waals surface area contributed by atoms with E-state index in [1.807, 2.05) is 48.9 Å². The van der Waals surface area contributed by atoms with Crippen LogP contribution < -0.4 is 16.2 Å². The van der Waals surface area contributed by atoms with Gasteiger partial charge in [0.1, 0.15) is 42.5 Å².